The molecule has 0 aromatic heterocycles. The Morgan fingerprint density at radius 2 is 1.92 bits per heavy atom. The lowest BCUT2D eigenvalue weighted by Crippen LogP contribution is -2.10. The zero-order valence-corrected chi connectivity index (χ0v) is 7.49. The molecule has 1 aromatic rings. The van der Waals surface area contributed by atoms with Crippen molar-refractivity contribution in [3.63, 3.8) is 0 Å². The molecule has 0 atom stereocenters. The van der Waals surface area contributed by atoms with Crippen LogP contribution in [0.3, 0.4) is 0 Å². The molecule has 0 fully saturated rings. The van der Waals surface area contributed by atoms with Crippen LogP contribution in [-0.2, 0) is 11.2 Å². The van der Waals surface area contributed by atoms with Crippen LogP contribution in [-0.4, -0.2) is 13.8 Å². The third-order valence-electron chi connectivity index (χ3n) is 1.87. The minimum Gasteiger partial charge on any atom is -0.370 e. The normalized spacial score (nSPS) is 9.85. The number of primary amides is 1. The highest BCUT2D eigenvalue weighted by atomic mass is 16.1. The van der Waals surface area contributed by atoms with Crippen molar-refractivity contribution in [2.24, 2.45) is 5.73 Å². The summed E-state index contributed by atoms with van der Waals surface area (Å²) in [6.45, 7) is 0. The molecule has 2 radical (unpaired) electrons. The van der Waals surface area contributed by atoms with Gasteiger partial charge in [-0.3, -0.25) is 4.79 Å². The summed E-state index contributed by atoms with van der Waals surface area (Å²) < 4.78 is 0. The Kier molecular flexibility index (Phi) is 3.56. The summed E-state index contributed by atoms with van der Waals surface area (Å²) in [6.07, 6.45) is 2.13. The molecule has 13 heavy (non-hydrogen) atoms. The van der Waals surface area contributed by atoms with Crippen molar-refractivity contribution in [3.05, 3.63) is 29.8 Å². The number of benzene rings is 1. The molecule has 0 saturated carbocycles. The Morgan fingerprint density at radius 3 is 2.46 bits per heavy atom. The van der Waals surface area contributed by atoms with Crippen LogP contribution in [0, 0.1) is 0 Å². The maximum Gasteiger partial charge on any atom is 0.217 e. The molecule has 0 spiro atoms. The van der Waals surface area contributed by atoms with E-state index in [1.54, 1.807) is 0 Å². The molecular formula is C10H12BNO. The second-order valence-corrected chi connectivity index (χ2v) is 3.06. The number of amides is 1. The third kappa shape index (κ3) is 3.79. The van der Waals surface area contributed by atoms with Crippen molar-refractivity contribution in [1.82, 2.24) is 0 Å². The summed E-state index contributed by atoms with van der Waals surface area (Å²) in [5.41, 5.74) is 6.97. The molecule has 0 aliphatic rings. The van der Waals surface area contributed by atoms with Gasteiger partial charge >= 0.3 is 0 Å². The molecule has 0 heterocycles. The van der Waals surface area contributed by atoms with Gasteiger partial charge in [-0.05, 0) is 18.4 Å². The van der Waals surface area contributed by atoms with E-state index in [9.17, 15) is 4.79 Å². The van der Waals surface area contributed by atoms with E-state index in [0.717, 1.165) is 18.3 Å². The molecule has 0 aliphatic heterocycles. The van der Waals surface area contributed by atoms with Gasteiger partial charge in [-0.1, -0.05) is 29.7 Å². The summed E-state index contributed by atoms with van der Waals surface area (Å²) in [5, 5.41) is 0. The van der Waals surface area contributed by atoms with E-state index in [-0.39, 0.29) is 5.91 Å². The number of hydrogen-bond acceptors (Lipinski definition) is 1. The van der Waals surface area contributed by atoms with Gasteiger partial charge in [0.1, 0.15) is 7.85 Å². The fraction of sp³-hybridized carbons (Fsp3) is 0.300. The van der Waals surface area contributed by atoms with Gasteiger partial charge in [0.25, 0.3) is 0 Å². The predicted octanol–water partition coefficient (Wildman–Crippen LogP) is 0.288. The van der Waals surface area contributed by atoms with E-state index in [1.807, 2.05) is 24.3 Å². The Morgan fingerprint density at radius 1 is 1.31 bits per heavy atom. The van der Waals surface area contributed by atoms with Gasteiger partial charge < -0.3 is 5.73 Å². The van der Waals surface area contributed by atoms with E-state index in [2.05, 4.69) is 0 Å². The van der Waals surface area contributed by atoms with Gasteiger partial charge in [0, 0.05) is 6.42 Å². The lowest BCUT2D eigenvalue weighted by Gasteiger charge is -2.00. The minimum atomic E-state index is -0.240. The van der Waals surface area contributed by atoms with Gasteiger partial charge in [0.2, 0.25) is 5.91 Å². The van der Waals surface area contributed by atoms with E-state index < -0.39 is 0 Å². The second kappa shape index (κ2) is 4.70. The second-order valence-electron chi connectivity index (χ2n) is 3.06. The van der Waals surface area contributed by atoms with Crippen LogP contribution >= 0.6 is 0 Å². The average molecular weight is 173 g/mol. The minimum absolute atomic E-state index is 0.240. The smallest absolute Gasteiger partial charge is 0.217 e. The molecule has 3 heteroatoms. The Labute approximate surface area is 79.5 Å². The van der Waals surface area contributed by atoms with Crippen LogP contribution in [0.15, 0.2) is 24.3 Å². The lowest BCUT2D eigenvalue weighted by molar-refractivity contribution is -0.118. The van der Waals surface area contributed by atoms with Crippen molar-refractivity contribution < 1.29 is 4.79 Å². The van der Waals surface area contributed by atoms with E-state index in [4.69, 9.17) is 13.6 Å². The van der Waals surface area contributed by atoms with E-state index in [0.29, 0.717) is 6.42 Å². The first kappa shape index (κ1) is 9.84. The molecule has 0 aliphatic carbocycles. The van der Waals surface area contributed by atoms with Gasteiger partial charge in [0.15, 0.2) is 0 Å². The van der Waals surface area contributed by atoms with Crippen LogP contribution in [0.25, 0.3) is 0 Å². The number of nitrogens with two attached hydrogens (primary N) is 1. The highest BCUT2D eigenvalue weighted by Gasteiger charge is 1.95. The summed E-state index contributed by atoms with van der Waals surface area (Å²) in [7, 11) is 5.53. The molecule has 1 aromatic carbocycles. The highest BCUT2D eigenvalue weighted by molar-refractivity contribution is 6.32. The number of hydrogen-bond donors (Lipinski definition) is 1. The Balaban J connectivity index is 2.37. The zero-order chi connectivity index (χ0) is 9.68. The first-order valence-corrected chi connectivity index (χ1v) is 4.31. The summed E-state index contributed by atoms with van der Waals surface area (Å²) in [5.74, 6) is -0.240. The summed E-state index contributed by atoms with van der Waals surface area (Å²) >= 11 is 0. The number of carbonyl (C=O) groups is 1. The molecule has 66 valence electrons. The quantitative estimate of drug-likeness (QED) is 0.653. The molecule has 1 rings (SSSR count). The molecule has 2 N–H and O–H groups in total. The molecule has 0 unspecified atom stereocenters. The van der Waals surface area contributed by atoms with Gasteiger partial charge in [-0.25, -0.2) is 0 Å². The van der Waals surface area contributed by atoms with E-state index in [1.165, 1.54) is 5.56 Å². The average Bonchev–Trinajstić information content (AvgIpc) is 2.08. The van der Waals surface area contributed by atoms with Crippen molar-refractivity contribution in [2.75, 3.05) is 0 Å². The summed E-state index contributed by atoms with van der Waals surface area (Å²) in [6, 6.07) is 7.66. The number of carbonyl (C=O) groups excluding carboxylic acids is 1. The maximum absolute atomic E-state index is 10.4. The zero-order valence-electron chi connectivity index (χ0n) is 7.49. The lowest BCUT2D eigenvalue weighted by atomic mass is 9.94. The molecule has 2 nitrogen and oxygen atoms in total. The fourth-order valence-electron chi connectivity index (χ4n) is 1.15. The van der Waals surface area contributed by atoms with Crippen LogP contribution in [0.4, 0.5) is 0 Å². The predicted molar refractivity (Wildman–Crippen MR) is 54.0 cm³/mol. The first-order valence-electron chi connectivity index (χ1n) is 4.31. The van der Waals surface area contributed by atoms with Crippen molar-refractivity contribution in [3.8, 4) is 0 Å². The largest absolute Gasteiger partial charge is 0.370 e. The number of aryl methyl sites for hydroxylation is 1. The fourth-order valence-corrected chi connectivity index (χ4v) is 1.15. The topological polar surface area (TPSA) is 43.1 Å². The highest BCUT2D eigenvalue weighted by Crippen LogP contribution is 2.02. The van der Waals surface area contributed by atoms with Crippen molar-refractivity contribution in [1.29, 1.82) is 0 Å². The third-order valence-corrected chi connectivity index (χ3v) is 1.87. The van der Waals surface area contributed by atoms with Crippen molar-refractivity contribution >= 4 is 19.2 Å². The maximum atomic E-state index is 10.4. The Hall–Kier alpha value is -1.25. The standard InChI is InChI=1S/C10H12BNO/c11-9-6-4-8(5-7-9)2-1-3-10(12)13/h4-7H,1-3H2,(H2,12,13). The van der Waals surface area contributed by atoms with Crippen LogP contribution < -0.4 is 11.2 Å². The van der Waals surface area contributed by atoms with Crippen LogP contribution in [0.1, 0.15) is 18.4 Å². The van der Waals surface area contributed by atoms with Gasteiger partial charge in [0.05, 0.1) is 0 Å². The Bertz CT molecular complexity index is 281. The van der Waals surface area contributed by atoms with Gasteiger partial charge in [-0.15, -0.1) is 0 Å². The first-order chi connectivity index (χ1) is 6.18. The van der Waals surface area contributed by atoms with Gasteiger partial charge in [-0.2, -0.15) is 0 Å². The molecule has 0 bridgehead atoms. The molecule has 1 amide bonds. The summed E-state index contributed by atoms with van der Waals surface area (Å²) in [4.78, 5) is 10.4. The van der Waals surface area contributed by atoms with Crippen LogP contribution in [0.5, 0.6) is 0 Å². The molecular weight excluding hydrogens is 161 g/mol. The number of rotatable bonds is 4. The molecule has 0 saturated heterocycles. The monoisotopic (exact) mass is 173 g/mol. The SMILES string of the molecule is [B]c1ccc(CCCC(N)=O)cc1. The van der Waals surface area contributed by atoms with Crippen molar-refractivity contribution in [2.45, 2.75) is 19.3 Å². The van der Waals surface area contributed by atoms with E-state index >= 15 is 0 Å². The van der Waals surface area contributed by atoms with Crippen LogP contribution in [0.2, 0.25) is 0 Å².